The molecule has 0 aromatic heterocycles. The number of rotatable bonds is 3. The van der Waals surface area contributed by atoms with Gasteiger partial charge in [-0.1, -0.05) is 48.9 Å². The molecule has 0 aliphatic heterocycles. The lowest BCUT2D eigenvalue weighted by Crippen LogP contribution is -2.28. The molecule has 0 amide bonds. The molecule has 0 aliphatic rings. The van der Waals surface area contributed by atoms with Gasteiger partial charge in [-0.05, 0) is 37.5 Å². The third-order valence-corrected chi connectivity index (χ3v) is 3.66. The van der Waals surface area contributed by atoms with Gasteiger partial charge >= 0.3 is 0 Å². The van der Waals surface area contributed by atoms with E-state index in [1.807, 2.05) is 39.0 Å². The predicted molar refractivity (Wildman–Crippen MR) is 75.6 cm³/mol. The molecule has 2 heteroatoms. The maximum absolute atomic E-state index is 14.0. The molecule has 0 bridgehead atoms. The van der Waals surface area contributed by atoms with Crippen LogP contribution in [0.15, 0.2) is 42.5 Å². The zero-order valence-electron chi connectivity index (χ0n) is 11.6. The second kappa shape index (κ2) is 5.14. The molecule has 0 saturated carbocycles. The number of aliphatic hydroxyl groups is 1. The van der Waals surface area contributed by atoms with E-state index < -0.39 is 5.60 Å². The van der Waals surface area contributed by atoms with Gasteiger partial charge < -0.3 is 5.11 Å². The van der Waals surface area contributed by atoms with Crippen LogP contribution < -0.4 is 0 Å². The van der Waals surface area contributed by atoms with Crippen LogP contribution in [0, 0.1) is 19.7 Å². The van der Waals surface area contributed by atoms with Gasteiger partial charge in [-0.25, -0.2) is 4.39 Å². The molecular weight excluding hydrogens is 239 g/mol. The normalized spacial score (nSPS) is 14.2. The largest absolute Gasteiger partial charge is 0.380 e. The summed E-state index contributed by atoms with van der Waals surface area (Å²) in [4.78, 5) is 0. The summed E-state index contributed by atoms with van der Waals surface area (Å²) in [5.74, 6) is -0.369. The van der Waals surface area contributed by atoms with Crippen LogP contribution in [0.1, 0.15) is 35.6 Å². The van der Waals surface area contributed by atoms with Crippen LogP contribution >= 0.6 is 0 Å². The molecule has 2 rings (SSSR count). The maximum atomic E-state index is 14.0. The average molecular weight is 258 g/mol. The SMILES string of the molecule is CCC(O)(c1ccc(C)cc1C)c1ccccc1F. The van der Waals surface area contributed by atoms with Crippen molar-refractivity contribution in [2.75, 3.05) is 0 Å². The van der Waals surface area contributed by atoms with Gasteiger partial charge in [0.25, 0.3) is 0 Å². The number of hydrogen-bond donors (Lipinski definition) is 1. The van der Waals surface area contributed by atoms with Crippen LogP contribution in [-0.4, -0.2) is 5.11 Å². The Kier molecular flexibility index (Phi) is 3.72. The number of benzene rings is 2. The van der Waals surface area contributed by atoms with E-state index in [0.29, 0.717) is 12.0 Å². The molecule has 2 aromatic rings. The summed E-state index contributed by atoms with van der Waals surface area (Å²) < 4.78 is 14.0. The minimum absolute atomic E-state index is 0.337. The monoisotopic (exact) mass is 258 g/mol. The van der Waals surface area contributed by atoms with Crippen LogP contribution in [0.5, 0.6) is 0 Å². The van der Waals surface area contributed by atoms with Gasteiger partial charge in [-0.2, -0.15) is 0 Å². The second-order valence-corrected chi connectivity index (χ2v) is 5.01. The first-order valence-corrected chi connectivity index (χ1v) is 6.54. The minimum atomic E-state index is -1.27. The summed E-state index contributed by atoms with van der Waals surface area (Å²) in [5, 5.41) is 11.0. The molecule has 0 saturated heterocycles. The Morgan fingerprint density at radius 3 is 2.32 bits per heavy atom. The Hall–Kier alpha value is -1.67. The van der Waals surface area contributed by atoms with Gasteiger partial charge in [0.15, 0.2) is 0 Å². The highest BCUT2D eigenvalue weighted by Gasteiger charge is 2.33. The number of aryl methyl sites for hydroxylation is 2. The summed E-state index contributed by atoms with van der Waals surface area (Å²) in [5.41, 5.74) is 1.94. The highest BCUT2D eigenvalue weighted by atomic mass is 19.1. The molecule has 1 unspecified atom stereocenters. The molecule has 2 aromatic carbocycles. The van der Waals surface area contributed by atoms with Crippen LogP contribution in [0.4, 0.5) is 4.39 Å². The topological polar surface area (TPSA) is 20.2 Å². The van der Waals surface area contributed by atoms with E-state index in [1.54, 1.807) is 18.2 Å². The van der Waals surface area contributed by atoms with Gasteiger partial charge in [0.05, 0.1) is 0 Å². The van der Waals surface area contributed by atoms with Gasteiger partial charge in [0.1, 0.15) is 11.4 Å². The molecule has 19 heavy (non-hydrogen) atoms. The molecule has 1 N–H and O–H groups in total. The molecular formula is C17H19FO. The highest BCUT2D eigenvalue weighted by molar-refractivity contribution is 5.42. The van der Waals surface area contributed by atoms with E-state index in [1.165, 1.54) is 6.07 Å². The summed E-state index contributed by atoms with van der Waals surface area (Å²) >= 11 is 0. The van der Waals surface area contributed by atoms with E-state index in [4.69, 9.17) is 0 Å². The lowest BCUT2D eigenvalue weighted by Gasteiger charge is -2.30. The first-order valence-electron chi connectivity index (χ1n) is 6.54. The third-order valence-electron chi connectivity index (χ3n) is 3.66. The van der Waals surface area contributed by atoms with Gasteiger partial charge in [0, 0.05) is 5.56 Å². The zero-order chi connectivity index (χ0) is 14.0. The van der Waals surface area contributed by atoms with Gasteiger partial charge in [-0.15, -0.1) is 0 Å². The smallest absolute Gasteiger partial charge is 0.129 e. The van der Waals surface area contributed by atoms with Crippen molar-refractivity contribution in [1.29, 1.82) is 0 Å². The molecule has 100 valence electrons. The third kappa shape index (κ3) is 2.41. The molecule has 0 heterocycles. The molecule has 0 aliphatic carbocycles. The second-order valence-electron chi connectivity index (χ2n) is 5.01. The van der Waals surface area contributed by atoms with E-state index >= 15 is 0 Å². The van der Waals surface area contributed by atoms with Crippen molar-refractivity contribution in [1.82, 2.24) is 0 Å². The molecule has 0 fully saturated rings. The van der Waals surface area contributed by atoms with E-state index in [-0.39, 0.29) is 5.82 Å². The summed E-state index contributed by atoms with van der Waals surface area (Å²) in [6.45, 7) is 5.82. The Morgan fingerprint density at radius 2 is 1.74 bits per heavy atom. The first kappa shape index (κ1) is 13.8. The Bertz CT molecular complexity index is 592. The predicted octanol–water partition coefficient (Wildman–Crippen LogP) is 4.09. The quantitative estimate of drug-likeness (QED) is 0.879. The first-order chi connectivity index (χ1) is 8.99. The molecule has 1 atom stereocenters. The Morgan fingerprint density at radius 1 is 1.05 bits per heavy atom. The number of halogens is 1. The lowest BCUT2D eigenvalue weighted by molar-refractivity contribution is 0.0719. The summed E-state index contributed by atoms with van der Waals surface area (Å²) in [7, 11) is 0. The summed E-state index contributed by atoms with van der Waals surface area (Å²) in [6.07, 6.45) is 0.428. The van der Waals surface area contributed by atoms with E-state index in [9.17, 15) is 9.50 Å². The van der Waals surface area contributed by atoms with Gasteiger partial charge in [0.2, 0.25) is 0 Å². The lowest BCUT2D eigenvalue weighted by atomic mass is 9.81. The van der Waals surface area contributed by atoms with Crippen LogP contribution in [0.3, 0.4) is 0 Å². The van der Waals surface area contributed by atoms with E-state index in [0.717, 1.165) is 16.7 Å². The molecule has 0 radical (unpaired) electrons. The number of hydrogen-bond acceptors (Lipinski definition) is 1. The van der Waals surface area contributed by atoms with Crippen molar-refractivity contribution < 1.29 is 9.50 Å². The van der Waals surface area contributed by atoms with Crippen LogP contribution in [0.25, 0.3) is 0 Å². The Balaban J connectivity index is 2.63. The van der Waals surface area contributed by atoms with Crippen LogP contribution in [-0.2, 0) is 5.60 Å². The highest BCUT2D eigenvalue weighted by Crippen LogP contribution is 2.36. The molecule has 0 spiro atoms. The Labute approximate surface area is 113 Å². The van der Waals surface area contributed by atoms with Crippen molar-refractivity contribution in [3.8, 4) is 0 Å². The standard InChI is InChI=1S/C17H19FO/c1-4-17(19,15-7-5-6-8-16(15)18)14-10-9-12(2)11-13(14)3/h5-11,19H,4H2,1-3H3. The summed E-state index contributed by atoms with van der Waals surface area (Å²) in [6, 6.07) is 12.3. The average Bonchev–Trinajstić information content (AvgIpc) is 2.38. The molecule has 1 nitrogen and oxygen atoms in total. The van der Waals surface area contributed by atoms with Gasteiger partial charge in [-0.3, -0.25) is 0 Å². The van der Waals surface area contributed by atoms with Crippen molar-refractivity contribution in [3.05, 3.63) is 70.5 Å². The van der Waals surface area contributed by atoms with Crippen molar-refractivity contribution in [2.45, 2.75) is 32.8 Å². The van der Waals surface area contributed by atoms with Crippen LogP contribution in [0.2, 0.25) is 0 Å². The van der Waals surface area contributed by atoms with Crippen molar-refractivity contribution in [2.24, 2.45) is 0 Å². The van der Waals surface area contributed by atoms with Crippen molar-refractivity contribution >= 4 is 0 Å². The fourth-order valence-corrected chi connectivity index (χ4v) is 2.60. The fraction of sp³-hybridized carbons (Fsp3) is 0.294. The van der Waals surface area contributed by atoms with E-state index in [2.05, 4.69) is 0 Å². The fourth-order valence-electron chi connectivity index (χ4n) is 2.60. The zero-order valence-corrected chi connectivity index (χ0v) is 11.6. The van der Waals surface area contributed by atoms with Crippen molar-refractivity contribution in [3.63, 3.8) is 0 Å². The minimum Gasteiger partial charge on any atom is -0.380 e. The maximum Gasteiger partial charge on any atom is 0.129 e.